The van der Waals surface area contributed by atoms with Crippen molar-refractivity contribution in [3.8, 4) is 17.2 Å². The molecule has 0 atom stereocenters. The maximum atomic E-state index is 13.6. The number of methoxy groups -OCH3 is 2. The molecule has 1 heterocycles. The highest BCUT2D eigenvalue weighted by molar-refractivity contribution is 6.36. The van der Waals surface area contributed by atoms with E-state index in [4.69, 9.17) is 14.2 Å². The zero-order valence-corrected chi connectivity index (χ0v) is 19.3. The Morgan fingerprint density at radius 2 is 1.47 bits per heavy atom. The van der Waals surface area contributed by atoms with Gasteiger partial charge in [-0.1, -0.05) is 42.5 Å². The number of benzene rings is 3. The molecule has 4 rings (SSSR count). The fraction of sp³-hybridized carbons (Fsp3) is 0.185. The molecule has 0 saturated carbocycles. The lowest BCUT2D eigenvalue weighted by molar-refractivity contribution is -0.137. The molecule has 7 heteroatoms. The number of anilines is 1. The monoisotopic (exact) mass is 458 g/mol. The third kappa shape index (κ3) is 4.45. The summed E-state index contributed by atoms with van der Waals surface area (Å²) in [4.78, 5) is 28.4. The summed E-state index contributed by atoms with van der Waals surface area (Å²) >= 11 is 0. The van der Waals surface area contributed by atoms with Crippen LogP contribution in [0.15, 0.2) is 78.5 Å². The van der Waals surface area contributed by atoms with Gasteiger partial charge in [-0.2, -0.15) is 0 Å². The largest absolute Gasteiger partial charge is 0.497 e. The Labute approximate surface area is 198 Å². The standard InChI is InChI=1S/C27H26N2O5/c1-4-34-23-12-8-6-10-21(23)28-25-24(18-13-15-20(32-2)16-14-18)26(30)29(27(25)31)17-19-9-5-7-11-22(19)33-3/h5-16,28H,4,17H2,1-3H3. The number of nitrogens with one attached hydrogen (secondary N) is 1. The second-order valence-corrected chi connectivity index (χ2v) is 7.54. The van der Waals surface area contributed by atoms with Crippen molar-refractivity contribution in [1.29, 1.82) is 0 Å². The average Bonchev–Trinajstić information content (AvgIpc) is 3.10. The third-order valence-electron chi connectivity index (χ3n) is 5.51. The number of hydrogen-bond donors (Lipinski definition) is 1. The van der Waals surface area contributed by atoms with E-state index in [9.17, 15) is 9.59 Å². The summed E-state index contributed by atoms with van der Waals surface area (Å²) < 4.78 is 16.4. The van der Waals surface area contributed by atoms with Gasteiger partial charge in [0.05, 0.1) is 38.6 Å². The number of nitrogens with zero attached hydrogens (tertiary/aromatic N) is 1. The molecule has 0 radical (unpaired) electrons. The molecule has 1 aliphatic rings. The number of rotatable bonds is 9. The molecule has 0 bridgehead atoms. The third-order valence-corrected chi connectivity index (χ3v) is 5.51. The van der Waals surface area contributed by atoms with Crippen LogP contribution in [0.25, 0.3) is 5.57 Å². The van der Waals surface area contributed by atoms with E-state index < -0.39 is 11.8 Å². The fourth-order valence-corrected chi connectivity index (χ4v) is 3.85. The van der Waals surface area contributed by atoms with Gasteiger partial charge in [0.15, 0.2) is 0 Å². The summed E-state index contributed by atoms with van der Waals surface area (Å²) in [6.07, 6.45) is 0. The molecule has 0 spiro atoms. The van der Waals surface area contributed by atoms with Crippen LogP contribution in [0.1, 0.15) is 18.1 Å². The summed E-state index contributed by atoms with van der Waals surface area (Å²) in [5, 5.41) is 3.18. The second kappa shape index (κ2) is 10.1. The summed E-state index contributed by atoms with van der Waals surface area (Å²) in [6, 6.07) is 21.7. The lowest BCUT2D eigenvalue weighted by Crippen LogP contribution is -2.32. The molecular weight excluding hydrogens is 432 g/mol. The molecule has 0 saturated heterocycles. The molecule has 7 nitrogen and oxygen atoms in total. The van der Waals surface area contributed by atoms with E-state index in [0.717, 1.165) is 5.56 Å². The number of amides is 2. The molecule has 1 aliphatic heterocycles. The van der Waals surface area contributed by atoms with Crippen molar-refractivity contribution in [3.63, 3.8) is 0 Å². The first-order chi connectivity index (χ1) is 16.6. The predicted octanol–water partition coefficient (Wildman–Crippen LogP) is 4.49. The first kappa shape index (κ1) is 22.9. The highest BCUT2D eigenvalue weighted by atomic mass is 16.5. The van der Waals surface area contributed by atoms with Crippen molar-refractivity contribution < 1.29 is 23.8 Å². The summed E-state index contributed by atoms with van der Waals surface area (Å²) in [5.41, 5.74) is 2.42. The van der Waals surface area contributed by atoms with Crippen LogP contribution >= 0.6 is 0 Å². The van der Waals surface area contributed by atoms with Crippen LogP contribution < -0.4 is 19.5 Å². The average molecular weight is 459 g/mol. The highest BCUT2D eigenvalue weighted by Crippen LogP contribution is 2.35. The molecule has 2 amide bonds. The molecule has 0 aromatic heterocycles. The second-order valence-electron chi connectivity index (χ2n) is 7.54. The molecule has 34 heavy (non-hydrogen) atoms. The van der Waals surface area contributed by atoms with Gasteiger partial charge < -0.3 is 19.5 Å². The van der Waals surface area contributed by atoms with Crippen LogP contribution in [0.4, 0.5) is 5.69 Å². The maximum absolute atomic E-state index is 13.6. The van der Waals surface area contributed by atoms with E-state index in [2.05, 4.69) is 5.32 Å². The van der Waals surface area contributed by atoms with E-state index >= 15 is 0 Å². The number of carbonyl (C=O) groups excluding carboxylic acids is 2. The van der Waals surface area contributed by atoms with E-state index in [1.165, 1.54) is 4.90 Å². The van der Waals surface area contributed by atoms with Gasteiger partial charge in [-0.15, -0.1) is 0 Å². The van der Waals surface area contributed by atoms with Crippen LogP contribution in [-0.4, -0.2) is 37.5 Å². The van der Waals surface area contributed by atoms with Gasteiger partial charge in [0.2, 0.25) is 0 Å². The van der Waals surface area contributed by atoms with Gasteiger partial charge >= 0.3 is 0 Å². The Morgan fingerprint density at radius 3 is 2.15 bits per heavy atom. The number of para-hydroxylation sites is 3. The lowest BCUT2D eigenvalue weighted by atomic mass is 10.0. The van der Waals surface area contributed by atoms with Gasteiger partial charge in [0.25, 0.3) is 11.8 Å². The van der Waals surface area contributed by atoms with Crippen molar-refractivity contribution in [1.82, 2.24) is 4.90 Å². The molecule has 0 unspecified atom stereocenters. The van der Waals surface area contributed by atoms with Crippen LogP contribution in [0, 0.1) is 0 Å². The number of ether oxygens (including phenoxy) is 3. The van der Waals surface area contributed by atoms with Gasteiger partial charge in [-0.25, -0.2) is 0 Å². The molecule has 1 N–H and O–H groups in total. The minimum absolute atomic E-state index is 0.0830. The normalized spacial score (nSPS) is 13.3. The summed E-state index contributed by atoms with van der Waals surface area (Å²) in [5.74, 6) is 1.04. The van der Waals surface area contributed by atoms with Crippen LogP contribution in [-0.2, 0) is 16.1 Å². The van der Waals surface area contributed by atoms with Crippen molar-refractivity contribution >= 4 is 23.1 Å². The molecule has 3 aromatic carbocycles. The highest BCUT2D eigenvalue weighted by Gasteiger charge is 2.39. The van der Waals surface area contributed by atoms with E-state index in [1.807, 2.05) is 49.4 Å². The summed E-state index contributed by atoms with van der Waals surface area (Å²) in [6.45, 7) is 2.44. The van der Waals surface area contributed by atoms with Gasteiger partial charge in [-0.3, -0.25) is 14.5 Å². The topological polar surface area (TPSA) is 77.1 Å². The number of imide groups is 1. The Bertz CT molecular complexity index is 1230. The molecule has 0 aliphatic carbocycles. The zero-order valence-electron chi connectivity index (χ0n) is 19.3. The molecule has 174 valence electrons. The van der Waals surface area contributed by atoms with Crippen molar-refractivity contribution in [2.45, 2.75) is 13.5 Å². The first-order valence-corrected chi connectivity index (χ1v) is 10.9. The SMILES string of the molecule is CCOc1ccccc1NC1=C(c2ccc(OC)cc2)C(=O)N(Cc2ccccc2OC)C1=O. The van der Waals surface area contributed by atoms with E-state index in [0.29, 0.717) is 35.1 Å². The van der Waals surface area contributed by atoms with Crippen LogP contribution in [0.5, 0.6) is 17.2 Å². The van der Waals surface area contributed by atoms with E-state index in [-0.39, 0.29) is 17.8 Å². The van der Waals surface area contributed by atoms with Crippen molar-refractivity contribution in [3.05, 3.63) is 89.6 Å². The smallest absolute Gasteiger partial charge is 0.278 e. The van der Waals surface area contributed by atoms with Crippen molar-refractivity contribution in [2.24, 2.45) is 0 Å². The Kier molecular flexibility index (Phi) is 6.82. The van der Waals surface area contributed by atoms with E-state index in [1.54, 1.807) is 44.6 Å². The number of hydrogen-bond acceptors (Lipinski definition) is 6. The lowest BCUT2D eigenvalue weighted by Gasteiger charge is -2.17. The Morgan fingerprint density at radius 1 is 0.794 bits per heavy atom. The maximum Gasteiger partial charge on any atom is 0.278 e. The van der Waals surface area contributed by atoms with Crippen LogP contribution in [0.2, 0.25) is 0 Å². The minimum Gasteiger partial charge on any atom is -0.497 e. The predicted molar refractivity (Wildman–Crippen MR) is 130 cm³/mol. The fourth-order valence-electron chi connectivity index (χ4n) is 3.85. The Balaban J connectivity index is 1.76. The summed E-state index contributed by atoms with van der Waals surface area (Å²) in [7, 11) is 3.14. The molecule has 0 fully saturated rings. The minimum atomic E-state index is -0.423. The van der Waals surface area contributed by atoms with Crippen LogP contribution in [0.3, 0.4) is 0 Å². The number of carbonyl (C=O) groups is 2. The first-order valence-electron chi connectivity index (χ1n) is 10.9. The Hall–Kier alpha value is -4.26. The van der Waals surface area contributed by atoms with Gasteiger partial charge in [0.1, 0.15) is 22.9 Å². The quantitative estimate of drug-likeness (QED) is 0.476. The van der Waals surface area contributed by atoms with Gasteiger partial charge in [0, 0.05) is 5.56 Å². The molecular formula is C27H26N2O5. The van der Waals surface area contributed by atoms with Crippen molar-refractivity contribution in [2.75, 3.05) is 26.1 Å². The van der Waals surface area contributed by atoms with Gasteiger partial charge in [-0.05, 0) is 42.8 Å². The zero-order chi connectivity index (χ0) is 24.1. The molecule has 3 aromatic rings.